The zero-order valence-corrected chi connectivity index (χ0v) is 26.8. The predicted molar refractivity (Wildman–Crippen MR) is 210 cm³/mol. The molecule has 49 heavy (non-hydrogen) atoms. The summed E-state index contributed by atoms with van der Waals surface area (Å²) in [5.74, 6) is 0. The highest BCUT2D eigenvalue weighted by atomic mass is 15.0. The molecule has 0 radical (unpaired) electrons. The van der Waals surface area contributed by atoms with Crippen LogP contribution in [0.2, 0.25) is 0 Å². The standard InChI is InChI=1S/C48H31N/c1-3-12-32(13-4-1)36-23-26-44-45-27-24-37(33-14-5-2-6-15-33)31-48(45)49(47(44)30-36)38-17-11-16-34(28-38)35-22-25-43-41-20-8-7-18-39(41)40-19-9-10-21-42(40)46(43)29-35/h1-31H. The van der Waals surface area contributed by atoms with Crippen LogP contribution in [0.3, 0.4) is 0 Å². The highest BCUT2D eigenvalue weighted by molar-refractivity contribution is 6.25. The van der Waals surface area contributed by atoms with Crippen LogP contribution in [0.4, 0.5) is 0 Å². The number of hydrogen-bond donors (Lipinski definition) is 0. The first-order valence-corrected chi connectivity index (χ1v) is 16.9. The lowest BCUT2D eigenvalue weighted by Crippen LogP contribution is -1.95. The largest absolute Gasteiger partial charge is 0.309 e. The Bertz CT molecular complexity index is 2730. The summed E-state index contributed by atoms with van der Waals surface area (Å²) in [5, 5.41) is 10.3. The van der Waals surface area contributed by atoms with Crippen LogP contribution in [0, 0.1) is 0 Å². The number of fused-ring (bicyclic) bond motifs is 9. The van der Waals surface area contributed by atoms with Crippen molar-refractivity contribution in [3.63, 3.8) is 0 Å². The van der Waals surface area contributed by atoms with E-state index in [-0.39, 0.29) is 0 Å². The van der Waals surface area contributed by atoms with Gasteiger partial charge in [-0.25, -0.2) is 0 Å². The summed E-state index contributed by atoms with van der Waals surface area (Å²) in [4.78, 5) is 0. The van der Waals surface area contributed by atoms with E-state index < -0.39 is 0 Å². The van der Waals surface area contributed by atoms with E-state index in [1.54, 1.807) is 0 Å². The van der Waals surface area contributed by atoms with E-state index in [9.17, 15) is 0 Å². The highest BCUT2D eigenvalue weighted by Crippen LogP contribution is 2.40. The van der Waals surface area contributed by atoms with Crippen molar-refractivity contribution >= 4 is 54.1 Å². The third kappa shape index (κ3) is 4.47. The Balaban J connectivity index is 1.21. The van der Waals surface area contributed by atoms with Gasteiger partial charge >= 0.3 is 0 Å². The summed E-state index contributed by atoms with van der Waals surface area (Å²) in [7, 11) is 0. The Morgan fingerprint density at radius 1 is 0.224 bits per heavy atom. The smallest absolute Gasteiger partial charge is 0.0547 e. The van der Waals surface area contributed by atoms with Gasteiger partial charge < -0.3 is 4.57 Å². The fourth-order valence-electron chi connectivity index (χ4n) is 7.83. The molecule has 0 N–H and O–H groups in total. The van der Waals surface area contributed by atoms with Crippen molar-refractivity contribution in [1.29, 1.82) is 0 Å². The van der Waals surface area contributed by atoms with Crippen molar-refractivity contribution in [3.8, 4) is 39.1 Å². The van der Waals surface area contributed by atoms with Crippen molar-refractivity contribution in [2.24, 2.45) is 0 Å². The molecule has 1 heteroatoms. The summed E-state index contributed by atoms with van der Waals surface area (Å²) in [6.07, 6.45) is 0. The molecule has 1 aromatic heterocycles. The van der Waals surface area contributed by atoms with Gasteiger partial charge in [-0.15, -0.1) is 0 Å². The van der Waals surface area contributed by atoms with Crippen LogP contribution in [-0.4, -0.2) is 4.57 Å². The van der Waals surface area contributed by atoms with Crippen molar-refractivity contribution < 1.29 is 0 Å². The van der Waals surface area contributed by atoms with E-state index in [4.69, 9.17) is 0 Å². The molecule has 0 atom stereocenters. The molecule has 0 amide bonds. The Labute approximate surface area is 284 Å². The lowest BCUT2D eigenvalue weighted by molar-refractivity contribution is 1.18. The van der Waals surface area contributed by atoms with Crippen molar-refractivity contribution in [1.82, 2.24) is 4.57 Å². The minimum atomic E-state index is 1.15. The first-order valence-electron chi connectivity index (χ1n) is 16.9. The first kappa shape index (κ1) is 27.7. The molecule has 0 saturated carbocycles. The van der Waals surface area contributed by atoms with Crippen molar-refractivity contribution in [3.05, 3.63) is 188 Å². The monoisotopic (exact) mass is 621 g/mol. The van der Waals surface area contributed by atoms with Gasteiger partial charge in [-0.05, 0) is 96.0 Å². The fourth-order valence-corrected chi connectivity index (χ4v) is 7.83. The average molecular weight is 622 g/mol. The molecule has 10 aromatic rings. The first-order chi connectivity index (χ1) is 24.3. The van der Waals surface area contributed by atoms with Gasteiger partial charge in [0.2, 0.25) is 0 Å². The second-order valence-corrected chi connectivity index (χ2v) is 12.9. The Kier molecular flexibility index (Phi) is 6.25. The number of nitrogens with zero attached hydrogens (tertiary/aromatic N) is 1. The second kappa shape index (κ2) is 11.1. The van der Waals surface area contributed by atoms with Gasteiger partial charge in [0.05, 0.1) is 11.0 Å². The van der Waals surface area contributed by atoms with Gasteiger partial charge in [-0.3, -0.25) is 0 Å². The predicted octanol–water partition coefficient (Wildman–Crippen LogP) is 13.2. The zero-order valence-electron chi connectivity index (χ0n) is 26.8. The molecule has 0 aliphatic carbocycles. The molecule has 0 bridgehead atoms. The molecule has 0 fully saturated rings. The Morgan fingerprint density at radius 2 is 0.612 bits per heavy atom. The maximum atomic E-state index is 2.46. The van der Waals surface area contributed by atoms with Crippen molar-refractivity contribution in [2.45, 2.75) is 0 Å². The minimum Gasteiger partial charge on any atom is -0.309 e. The van der Waals surface area contributed by atoms with Crippen LogP contribution in [0.5, 0.6) is 0 Å². The van der Waals surface area contributed by atoms with E-state index in [0.29, 0.717) is 0 Å². The highest BCUT2D eigenvalue weighted by Gasteiger charge is 2.16. The van der Waals surface area contributed by atoms with E-state index >= 15 is 0 Å². The molecule has 10 rings (SSSR count). The van der Waals surface area contributed by atoms with Gasteiger partial charge in [0, 0.05) is 16.5 Å². The van der Waals surface area contributed by atoms with Crippen LogP contribution < -0.4 is 0 Å². The summed E-state index contributed by atoms with van der Waals surface area (Å²) in [6.45, 7) is 0. The number of aromatic nitrogens is 1. The van der Waals surface area contributed by atoms with Crippen LogP contribution in [0.1, 0.15) is 0 Å². The van der Waals surface area contributed by atoms with Crippen LogP contribution in [0.15, 0.2) is 188 Å². The molecule has 228 valence electrons. The minimum absolute atomic E-state index is 1.15. The molecule has 0 saturated heterocycles. The molecule has 0 spiro atoms. The van der Waals surface area contributed by atoms with E-state index in [1.165, 1.54) is 87.5 Å². The van der Waals surface area contributed by atoms with Gasteiger partial charge in [0.15, 0.2) is 0 Å². The molecule has 1 nitrogen and oxygen atoms in total. The van der Waals surface area contributed by atoms with Gasteiger partial charge in [-0.1, -0.05) is 158 Å². The fraction of sp³-hybridized carbons (Fsp3) is 0. The Morgan fingerprint density at radius 3 is 1.14 bits per heavy atom. The van der Waals surface area contributed by atoms with Crippen LogP contribution >= 0.6 is 0 Å². The second-order valence-electron chi connectivity index (χ2n) is 12.9. The van der Waals surface area contributed by atoms with E-state index in [1.807, 2.05) is 0 Å². The SMILES string of the molecule is c1ccc(-c2ccc3c4ccc(-c5ccccc5)cc4n(-c4cccc(-c5ccc6c7ccccc7c7ccccc7c6c5)c4)c3c2)cc1. The van der Waals surface area contributed by atoms with Gasteiger partial charge in [0.25, 0.3) is 0 Å². The maximum Gasteiger partial charge on any atom is 0.0547 e. The number of benzene rings is 9. The van der Waals surface area contributed by atoms with E-state index in [0.717, 1.165) is 5.69 Å². The number of hydrogen-bond acceptors (Lipinski definition) is 0. The molecule has 0 aliphatic heterocycles. The van der Waals surface area contributed by atoms with Crippen LogP contribution in [0.25, 0.3) is 93.2 Å². The summed E-state index contributed by atoms with van der Waals surface area (Å²) in [6, 6.07) is 68.8. The van der Waals surface area contributed by atoms with Gasteiger partial charge in [-0.2, -0.15) is 0 Å². The third-order valence-electron chi connectivity index (χ3n) is 10.2. The molecule has 0 unspecified atom stereocenters. The maximum absolute atomic E-state index is 2.46. The average Bonchev–Trinajstić information content (AvgIpc) is 3.51. The van der Waals surface area contributed by atoms with Crippen molar-refractivity contribution in [2.75, 3.05) is 0 Å². The summed E-state index contributed by atoms with van der Waals surface area (Å²) in [5.41, 5.74) is 10.8. The number of rotatable bonds is 4. The summed E-state index contributed by atoms with van der Waals surface area (Å²) >= 11 is 0. The quantitative estimate of drug-likeness (QED) is 0.172. The van der Waals surface area contributed by atoms with Gasteiger partial charge in [0.1, 0.15) is 0 Å². The molecule has 9 aromatic carbocycles. The molecule has 0 aliphatic rings. The topological polar surface area (TPSA) is 4.93 Å². The van der Waals surface area contributed by atoms with E-state index in [2.05, 4.69) is 193 Å². The van der Waals surface area contributed by atoms with Crippen LogP contribution in [-0.2, 0) is 0 Å². The molecular weight excluding hydrogens is 591 g/mol. The zero-order chi connectivity index (χ0) is 32.3. The molecular formula is C48H31N. The lowest BCUT2D eigenvalue weighted by Gasteiger charge is -2.14. The Hall–Kier alpha value is -6.44. The lowest BCUT2D eigenvalue weighted by atomic mass is 9.92. The molecule has 1 heterocycles. The normalized spacial score (nSPS) is 11.7. The third-order valence-corrected chi connectivity index (χ3v) is 10.2. The summed E-state index contributed by atoms with van der Waals surface area (Å²) < 4.78 is 2.46.